The van der Waals surface area contributed by atoms with Crippen molar-refractivity contribution in [1.82, 2.24) is 4.98 Å². The zero-order chi connectivity index (χ0) is 17.2. The molecule has 0 spiro atoms. The molecule has 2 aromatic rings. The molecule has 0 bridgehead atoms. The second kappa shape index (κ2) is 6.24. The van der Waals surface area contributed by atoms with Crippen LogP contribution in [0, 0.1) is 0 Å². The van der Waals surface area contributed by atoms with Crippen LogP contribution in [-0.4, -0.2) is 23.5 Å². The Bertz CT molecular complexity index is 815. The standard InChI is InChI=1S/C17H20N2O4/c1-5-23-16(22)15(21)18-10-6-7-11-12(17(2,3)4)9-14(20)19-13(11)8-10/h6-9H,5H2,1-4H3,(H,18,21)(H,19,20). The van der Waals surface area contributed by atoms with Gasteiger partial charge in [0.25, 0.3) is 0 Å². The summed E-state index contributed by atoms with van der Waals surface area (Å²) >= 11 is 0. The first-order valence-corrected chi connectivity index (χ1v) is 7.38. The molecule has 1 amide bonds. The van der Waals surface area contributed by atoms with Crippen molar-refractivity contribution in [3.8, 4) is 0 Å². The van der Waals surface area contributed by atoms with Gasteiger partial charge >= 0.3 is 11.9 Å². The largest absolute Gasteiger partial charge is 0.459 e. The lowest BCUT2D eigenvalue weighted by molar-refractivity contribution is -0.152. The Morgan fingerprint density at radius 2 is 1.91 bits per heavy atom. The average Bonchev–Trinajstić information content (AvgIpc) is 2.45. The molecule has 1 heterocycles. The fraction of sp³-hybridized carbons (Fsp3) is 0.353. The van der Waals surface area contributed by atoms with Gasteiger partial charge in [-0.1, -0.05) is 26.8 Å². The monoisotopic (exact) mass is 316 g/mol. The summed E-state index contributed by atoms with van der Waals surface area (Å²) in [5.41, 5.74) is 1.53. The van der Waals surface area contributed by atoms with Gasteiger partial charge in [-0.05, 0) is 30.0 Å². The fourth-order valence-electron chi connectivity index (χ4n) is 2.34. The van der Waals surface area contributed by atoms with Crippen LogP contribution < -0.4 is 10.9 Å². The van der Waals surface area contributed by atoms with E-state index >= 15 is 0 Å². The molecule has 0 radical (unpaired) electrons. The van der Waals surface area contributed by atoms with Crippen molar-refractivity contribution in [1.29, 1.82) is 0 Å². The molecule has 0 saturated heterocycles. The molecule has 6 heteroatoms. The summed E-state index contributed by atoms with van der Waals surface area (Å²) in [5, 5.41) is 3.36. The van der Waals surface area contributed by atoms with E-state index in [1.54, 1.807) is 25.1 Å². The van der Waals surface area contributed by atoms with Crippen LogP contribution in [0.15, 0.2) is 29.1 Å². The van der Waals surface area contributed by atoms with Crippen molar-refractivity contribution in [3.63, 3.8) is 0 Å². The Morgan fingerprint density at radius 1 is 1.22 bits per heavy atom. The minimum Gasteiger partial charge on any atom is -0.459 e. The summed E-state index contributed by atoms with van der Waals surface area (Å²) in [7, 11) is 0. The molecule has 2 rings (SSSR count). The molecule has 0 fully saturated rings. The van der Waals surface area contributed by atoms with Crippen LogP contribution in [0.2, 0.25) is 0 Å². The fourth-order valence-corrected chi connectivity index (χ4v) is 2.34. The first kappa shape index (κ1) is 16.7. The van der Waals surface area contributed by atoms with Gasteiger partial charge in [0.05, 0.1) is 12.1 Å². The number of esters is 1. The predicted octanol–water partition coefficient (Wildman–Crippen LogP) is 2.33. The van der Waals surface area contributed by atoms with Gasteiger partial charge in [0, 0.05) is 17.1 Å². The molecule has 23 heavy (non-hydrogen) atoms. The van der Waals surface area contributed by atoms with E-state index in [0.29, 0.717) is 11.2 Å². The lowest BCUT2D eigenvalue weighted by Gasteiger charge is -2.21. The summed E-state index contributed by atoms with van der Waals surface area (Å²) in [5.74, 6) is -1.79. The molecule has 6 nitrogen and oxygen atoms in total. The highest BCUT2D eigenvalue weighted by molar-refractivity contribution is 6.37. The summed E-state index contributed by atoms with van der Waals surface area (Å²) in [6.45, 7) is 7.83. The minimum atomic E-state index is -0.940. The first-order valence-electron chi connectivity index (χ1n) is 7.38. The molecule has 0 aliphatic heterocycles. The highest BCUT2D eigenvalue weighted by Gasteiger charge is 2.19. The number of carbonyl (C=O) groups excluding carboxylic acids is 2. The number of aromatic nitrogens is 1. The third-order valence-corrected chi connectivity index (χ3v) is 3.37. The van der Waals surface area contributed by atoms with Gasteiger partial charge in [0.15, 0.2) is 0 Å². The molecule has 0 atom stereocenters. The highest BCUT2D eigenvalue weighted by atomic mass is 16.5. The number of benzene rings is 1. The number of rotatable bonds is 2. The number of fused-ring (bicyclic) bond motifs is 1. The molecule has 122 valence electrons. The van der Waals surface area contributed by atoms with Crippen LogP contribution in [0.5, 0.6) is 0 Å². The van der Waals surface area contributed by atoms with Crippen LogP contribution in [0.1, 0.15) is 33.3 Å². The third-order valence-electron chi connectivity index (χ3n) is 3.37. The Labute approximate surface area is 133 Å². The Morgan fingerprint density at radius 3 is 2.52 bits per heavy atom. The van der Waals surface area contributed by atoms with E-state index < -0.39 is 11.9 Å². The van der Waals surface area contributed by atoms with Crippen molar-refractivity contribution in [2.75, 3.05) is 11.9 Å². The van der Waals surface area contributed by atoms with Crippen LogP contribution in [0.3, 0.4) is 0 Å². The zero-order valence-electron chi connectivity index (χ0n) is 13.6. The number of H-pyrrole nitrogens is 1. The molecule has 2 N–H and O–H groups in total. The van der Waals surface area contributed by atoms with Crippen LogP contribution in [-0.2, 0) is 19.7 Å². The quantitative estimate of drug-likeness (QED) is 0.657. The lowest BCUT2D eigenvalue weighted by Crippen LogP contribution is -2.25. The predicted molar refractivity (Wildman–Crippen MR) is 88.5 cm³/mol. The summed E-state index contributed by atoms with van der Waals surface area (Å²) in [6, 6.07) is 6.71. The van der Waals surface area contributed by atoms with Crippen LogP contribution in [0.4, 0.5) is 5.69 Å². The molecular formula is C17H20N2O4. The number of aromatic amines is 1. The zero-order valence-corrected chi connectivity index (χ0v) is 13.6. The number of carbonyl (C=O) groups is 2. The maximum Gasteiger partial charge on any atom is 0.397 e. The normalized spacial score (nSPS) is 11.3. The van der Waals surface area contributed by atoms with Crippen LogP contribution >= 0.6 is 0 Å². The van der Waals surface area contributed by atoms with Gasteiger partial charge in [-0.2, -0.15) is 0 Å². The number of ether oxygens (including phenoxy) is 1. The number of amides is 1. The van der Waals surface area contributed by atoms with Crippen LogP contribution in [0.25, 0.3) is 10.9 Å². The third kappa shape index (κ3) is 3.77. The molecule has 0 aliphatic rings. The van der Waals surface area contributed by atoms with Gasteiger partial charge in [0.1, 0.15) is 0 Å². The second-order valence-electron chi connectivity index (χ2n) is 6.23. The summed E-state index contributed by atoms with van der Waals surface area (Å²) in [6.07, 6.45) is 0. The number of anilines is 1. The van der Waals surface area contributed by atoms with Crippen molar-refractivity contribution < 1.29 is 14.3 Å². The number of hydrogen-bond acceptors (Lipinski definition) is 4. The topological polar surface area (TPSA) is 88.3 Å². The van der Waals surface area contributed by atoms with Gasteiger partial charge in [-0.25, -0.2) is 4.79 Å². The minimum absolute atomic E-state index is 0.131. The second-order valence-corrected chi connectivity index (χ2v) is 6.23. The van der Waals surface area contributed by atoms with Gasteiger partial charge in [-0.15, -0.1) is 0 Å². The molecule has 0 saturated carbocycles. The molecule has 1 aromatic carbocycles. The van der Waals surface area contributed by atoms with E-state index in [1.807, 2.05) is 26.8 Å². The molecule has 0 aliphatic carbocycles. The van der Waals surface area contributed by atoms with Gasteiger partial charge < -0.3 is 15.0 Å². The molecular weight excluding hydrogens is 296 g/mol. The van der Waals surface area contributed by atoms with Crippen molar-refractivity contribution in [2.24, 2.45) is 0 Å². The van der Waals surface area contributed by atoms with Crippen molar-refractivity contribution >= 4 is 28.5 Å². The smallest absolute Gasteiger partial charge is 0.397 e. The highest BCUT2D eigenvalue weighted by Crippen LogP contribution is 2.29. The van der Waals surface area contributed by atoms with Crippen molar-refractivity contribution in [2.45, 2.75) is 33.1 Å². The Hall–Kier alpha value is -2.63. The maximum absolute atomic E-state index is 11.9. The van der Waals surface area contributed by atoms with E-state index in [9.17, 15) is 14.4 Å². The SMILES string of the molecule is CCOC(=O)C(=O)Nc1ccc2c(C(C)(C)C)cc(=O)[nH]c2c1. The Kier molecular flexibility index (Phi) is 4.54. The number of nitrogens with one attached hydrogen (secondary N) is 2. The summed E-state index contributed by atoms with van der Waals surface area (Å²) in [4.78, 5) is 37.6. The van der Waals surface area contributed by atoms with E-state index in [0.717, 1.165) is 10.9 Å². The first-order chi connectivity index (χ1) is 10.7. The number of hydrogen-bond donors (Lipinski definition) is 2. The van der Waals surface area contributed by atoms with E-state index in [-0.39, 0.29) is 17.6 Å². The van der Waals surface area contributed by atoms with E-state index in [1.165, 1.54) is 0 Å². The summed E-state index contributed by atoms with van der Waals surface area (Å²) < 4.78 is 4.64. The maximum atomic E-state index is 11.9. The lowest BCUT2D eigenvalue weighted by atomic mass is 9.85. The average molecular weight is 316 g/mol. The van der Waals surface area contributed by atoms with Gasteiger partial charge in [-0.3, -0.25) is 9.59 Å². The van der Waals surface area contributed by atoms with E-state index in [2.05, 4.69) is 15.0 Å². The van der Waals surface area contributed by atoms with Gasteiger partial charge in [0.2, 0.25) is 5.56 Å². The number of pyridine rings is 1. The molecule has 1 aromatic heterocycles. The Balaban J connectivity index is 2.42. The molecule has 0 unspecified atom stereocenters. The van der Waals surface area contributed by atoms with Crippen molar-refractivity contribution in [3.05, 3.63) is 40.2 Å². The van der Waals surface area contributed by atoms with E-state index in [4.69, 9.17) is 0 Å².